The molecule has 0 spiro atoms. The first-order chi connectivity index (χ1) is 12.1. The maximum atomic E-state index is 12.3. The molecular formula is C17H20N6O2. The molecule has 0 aliphatic carbocycles. The van der Waals surface area contributed by atoms with Crippen molar-refractivity contribution in [2.24, 2.45) is 0 Å². The van der Waals surface area contributed by atoms with Gasteiger partial charge >= 0.3 is 0 Å². The lowest BCUT2D eigenvalue weighted by molar-refractivity contribution is -0.116. The summed E-state index contributed by atoms with van der Waals surface area (Å²) in [5.41, 5.74) is 3.07. The van der Waals surface area contributed by atoms with Crippen molar-refractivity contribution < 1.29 is 9.59 Å². The Morgan fingerprint density at radius 2 is 2.20 bits per heavy atom. The van der Waals surface area contributed by atoms with Gasteiger partial charge in [0.2, 0.25) is 5.91 Å². The number of aromatic nitrogens is 2. The van der Waals surface area contributed by atoms with Gasteiger partial charge in [-0.3, -0.25) is 14.6 Å². The summed E-state index contributed by atoms with van der Waals surface area (Å²) in [6.45, 7) is 3.24. The molecule has 0 saturated carbocycles. The van der Waals surface area contributed by atoms with Crippen molar-refractivity contribution in [2.75, 3.05) is 42.2 Å². The lowest BCUT2D eigenvalue weighted by Crippen LogP contribution is -2.37. The van der Waals surface area contributed by atoms with Crippen molar-refractivity contribution in [3.05, 3.63) is 41.9 Å². The second-order valence-electron chi connectivity index (χ2n) is 5.77. The number of hydrogen-bond acceptors (Lipinski definition) is 6. The van der Waals surface area contributed by atoms with Crippen molar-refractivity contribution in [1.29, 1.82) is 0 Å². The Balaban J connectivity index is 1.57. The van der Waals surface area contributed by atoms with Crippen LogP contribution in [0.4, 0.5) is 17.2 Å². The molecule has 8 nitrogen and oxygen atoms in total. The third-order valence-electron chi connectivity index (χ3n) is 4.02. The van der Waals surface area contributed by atoms with Crippen LogP contribution >= 0.6 is 0 Å². The van der Waals surface area contributed by atoms with Crippen LogP contribution in [0.25, 0.3) is 0 Å². The molecule has 1 aliphatic rings. The average molecular weight is 340 g/mol. The number of fused-ring (bicyclic) bond motifs is 1. The van der Waals surface area contributed by atoms with Crippen LogP contribution in [0.15, 0.2) is 30.7 Å². The largest absolute Gasteiger partial charge is 0.383 e. The Kier molecular flexibility index (Phi) is 4.78. The maximum Gasteiger partial charge on any atom is 0.252 e. The summed E-state index contributed by atoms with van der Waals surface area (Å²) in [6, 6.07) is 3.56. The van der Waals surface area contributed by atoms with Gasteiger partial charge in [0.1, 0.15) is 5.82 Å². The van der Waals surface area contributed by atoms with Gasteiger partial charge in [0.05, 0.1) is 17.8 Å². The quantitative estimate of drug-likeness (QED) is 0.703. The zero-order valence-electron chi connectivity index (χ0n) is 14.2. The molecule has 3 N–H and O–H groups in total. The molecule has 0 saturated heterocycles. The SMILES string of the molecule is Cc1cnccc1NCCNC(=O)c1cnc2c(c1)N(C)C(=O)CN2. The fourth-order valence-electron chi connectivity index (χ4n) is 2.53. The van der Waals surface area contributed by atoms with Crippen LogP contribution in [0.5, 0.6) is 0 Å². The van der Waals surface area contributed by atoms with E-state index >= 15 is 0 Å². The molecule has 3 rings (SSSR count). The monoisotopic (exact) mass is 340 g/mol. The number of aryl methyl sites for hydroxylation is 1. The van der Waals surface area contributed by atoms with Crippen LogP contribution in [0, 0.1) is 6.92 Å². The first-order valence-corrected chi connectivity index (χ1v) is 7.99. The molecule has 1 aliphatic heterocycles. The van der Waals surface area contributed by atoms with Crippen molar-refractivity contribution in [2.45, 2.75) is 6.92 Å². The van der Waals surface area contributed by atoms with E-state index < -0.39 is 0 Å². The number of carbonyl (C=O) groups excluding carboxylic acids is 2. The fraction of sp³-hybridized carbons (Fsp3) is 0.294. The van der Waals surface area contributed by atoms with Gasteiger partial charge in [0.25, 0.3) is 5.91 Å². The molecule has 2 amide bonds. The highest BCUT2D eigenvalue weighted by Crippen LogP contribution is 2.26. The molecule has 3 heterocycles. The van der Waals surface area contributed by atoms with E-state index in [1.165, 1.54) is 11.1 Å². The number of likely N-dealkylation sites (N-methyl/N-ethyl adjacent to an activating group) is 1. The van der Waals surface area contributed by atoms with E-state index in [-0.39, 0.29) is 18.4 Å². The smallest absolute Gasteiger partial charge is 0.252 e. The van der Waals surface area contributed by atoms with E-state index in [0.717, 1.165) is 11.3 Å². The second-order valence-corrected chi connectivity index (χ2v) is 5.77. The highest BCUT2D eigenvalue weighted by Gasteiger charge is 2.22. The Morgan fingerprint density at radius 1 is 1.36 bits per heavy atom. The third kappa shape index (κ3) is 3.68. The number of carbonyl (C=O) groups is 2. The molecule has 0 radical (unpaired) electrons. The van der Waals surface area contributed by atoms with E-state index in [1.807, 2.05) is 13.0 Å². The molecule has 0 atom stereocenters. The van der Waals surface area contributed by atoms with Gasteiger partial charge in [-0.15, -0.1) is 0 Å². The lowest BCUT2D eigenvalue weighted by atomic mass is 10.2. The number of nitrogens with one attached hydrogen (secondary N) is 3. The average Bonchev–Trinajstić information content (AvgIpc) is 2.63. The lowest BCUT2D eigenvalue weighted by Gasteiger charge is -2.26. The molecule has 0 unspecified atom stereocenters. The molecule has 0 aromatic carbocycles. The van der Waals surface area contributed by atoms with E-state index in [0.29, 0.717) is 30.2 Å². The van der Waals surface area contributed by atoms with Gasteiger partial charge in [-0.25, -0.2) is 4.98 Å². The summed E-state index contributed by atoms with van der Waals surface area (Å²) in [6.07, 6.45) is 5.01. The highest BCUT2D eigenvalue weighted by molar-refractivity contribution is 6.03. The maximum absolute atomic E-state index is 12.3. The normalized spacial score (nSPS) is 13.0. The summed E-state index contributed by atoms with van der Waals surface area (Å²) < 4.78 is 0. The molecule has 0 bridgehead atoms. The standard InChI is InChI=1S/C17H20N6O2/c1-11-8-18-4-3-13(11)19-5-6-20-17(25)12-7-14-16(21-9-12)22-10-15(24)23(14)2/h3-4,7-9H,5-6,10H2,1-2H3,(H,18,19)(H,20,25)(H,21,22). The van der Waals surface area contributed by atoms with Crippen LogP contribution in [-0.2, 0) is 4.79 Å². The Labute approximate surface area is 145 Å². The topological polar surface area (TPSA) is 99.2 Å². The number of nitrogens with zero attached hydrogens (tertiary/aromatic N) is 3. The second kappa shape index (κ2) is 7.16. The van der Waals surface area contributed by atoms with E-state index in [1.54, 1.807) is 25.5 Å². The van der Waals surface area contributed by atoms with Gasteiger partial charge < -0.3 is 20.9 Å². The molecular weight excluding hydrogens is 320 g/mol. The number of hydrogen-bond donors (Lipinski definition) is 3. The molecule has 25 heavy (non-hydrogen) atoms. The van der Waals surface area contributed by atoms with Crippen molar-refractivity contribution in [3.8, 4) is 0 Å². The Morgan fingerprint density at radius 3 is 3.00 bits per heavy atom. The summed E-state index contributed by atoms with van der Waals surface area (Å²) in [4.78, 5) is 33.8. The van der Waals surface area contributed by atoms with Crippen molar-refractivity contribution >= 4 is 29.0 Å². The van der Waals surface area contributed by atoms with E-state index in [2.05, 4.69) is 25.9 Å². The van der Waals surface area contributed by atoms with Crippen LogP contribution < -0.4 is 20.9 Å². The molecule has 8 heteroatoms. The summed E-state index contributed by atoms with van der Waals surface area (Å²) in [5.74, 6) is 0.312. The predicted octanol–water partition coefficient (Wildman–Crippen LogP) is 1.02. The van der Waals surface area contributed by atoms with Crippen LogP contribution in [0.1, 0.15) is 15.9 Å². The molecule has 2 aromatic heterocycles. The zero-order valence-corrected chi connectivity index (χ0v) is 14.2. The van der Waals surface area contributed by atoms with Crippen LogP contribution in [0.2, 0.25) is 0 Å². The summed E-state index contributed by atoms with van der Waals surface area (Å²) in [5, 5.41) is 9.03. The fourth-order valence-corrected chi connectivity index (χ4v) is 2.53. The third-order valence-corrected chi connectivity index (χ3v) is 4.02. The minimum atomic E-state index is -0.227. The van der Waals surface area contributed by atoms with Crippen LogP contribution in [-0.4, -0.2) is 48.5 Å². The number of amides is 2. The number of pyridine rings is 2. The van der Waals surface area contributed by atoms with Gasteiger partial charge in [-0.2, -0.15) is 0 Å². The van der Waals surface area contributed by atoms with Crippen molar-refractivity contribution in [3.63, 3.8) is 0 Å². The number of anilines is 3. The minimum absolute atomic E-state index is 0.0659. The van der Waals surface area contributed by atoms with E-state index in [9.17, 15) is 9.59 Å². The summed E-state index contributed by atoms with van der Waals surface area (Å²) >= 11 is 0. The highest BCUT2D eigenvalue weighted by atomic mass is 16.2. The first kappa shape index (κ1) is 16.7. The zero-order chi connectivity index (χ0) is 17.8. The van der Waals surface area contributed by atoms with Crippen LogP contribution in [0.3, 0.4) is 0 Å². The van der Waals surface area contributed by atoms with E-state index in [4.69, 9.17) is 0 Å². The van der Waals surface area contributed by atoms with Gasteiger partial charge in [-0.1, -0.05) is 0 Å². The Bertz CT molecular complexity index is 807. The minimum Gasteiger partial charge on any atom is -0.383 e. The predicted molar refractivity (Wildman–Crippen MR) is 95.9 cm³/mol. The van der Waals surface area contributed by atoms with Gasteiger partial charge in [0, 0.05) is 44.4 Å². The van der Waals surface area contributed by atoms with Gasteiger partial charge in [-0.05, 0) is 24.6 Å². The Hall–Kier alpha value is -3.16. The summed E-state index contributed by atoms with van der Waals surface area (Å²) in [7, 11) is 1.67. The molecule has 0 fully saturated rings. The van der Waals surface area contributed by atoms with Gasteiger partial charge in [0.15, 0.2) is 0 Å². The first-order valence-electron chi connectivity index (χ1n) is 7.99. The molecule has 2 aromatic rings. The molecule has 130 valence electrons. The van der Waals surface area contributed by atoms with Crippen molar-refractivity contribution in [1.82, 2.24) is 15.3 Å². The number of rotatable bonds is 5.